The van der Waals surface area contributed by atoms with Crippen molar-refractivity contribution in [3.05, 3.63) is 46.0 Å². The Kier molecular flexibility index (Phi) is 4.39. The first kappa shape index (κ1) is 14.9. The number of anilines is 2. The summed E-state index contributed by atoms with van der Waals surface area (Å²) < 4.78 is 33.0. The highest BCUT2D eigenvalue weighted by Crippen LogP contribution is 2.26. The lowest BCUT2D eigenvalue weighted by molar-refractivity contribution is 0.414. The van der Waals surface area contributed by atoms with Crippen molar-refractivity contribution in [1.82, 2.24) is 0 Å². The van der Waals surface area contributed by atoms with E-state index in [2.05, 4.69) is 27.3 Å². The minimum Gasteiger partial charge on any atom is -0.497 e. The second-order valence-electron chi connectivity index (χ2n) is 4.02. The monoisotopic (exact) mass is 404 g/mol. The number of hydrogen-bond donors (Lipinski definition) is 2. The maximum Gasteiger partial charge on any atom is 0.263 e. The Morgan fingerprint density at radius 2 is 1.95 bits per heavy atom. The van der Waals surface area contributed by atoms with Gasteiger partial charge >= 0.3 is 0 Å². The van der Waals surface area contributed by atoms with Crippen LogP contribution in [-0.4, -0.2) is 15.5 Å². The van der Waals surface area contributed by atoms with Crippen LogP contribution in [0.25, 0.3) is 0 Å². The highest BCUT2D eigenvalue weighted by Gasteiger charge is 2.18. The molecule has 0 amide bonds. The van der Waals surface area contributed by atoms with Crippen LogP contribution in [0.3, 0.4) is 0 Å². The minimum atomic E-state index is -3.72. The summed E-state index contributed by atoms with van der Waals surface area (Å²) in [7, 11) is -2.23. The molecular weight excluding hydrogens is 391 g/mol. The van der Waals surface area contributed by atoms with Gasteiger partial charge in [-0.1, -0.05) is 6.07 Å². The molecule has 2 aromatic rings. The maximum atomic E-state index is 12.3. The van der Waals surface area contributed by atoms with E-state index >= 15 is 0 Å². The molecule has 0 fully saturated rings. The molecule has 0 bridgehead atoms. The van der Waals surface area contributed by atoms with Crippen molar-refractivity contribution in [2.24, 2.45) is 0 Å². The highest BCUT2D eigenvalue weighted by atomic mass is 127. The number of hydrogen-bond acceptors (Lipinski definition) is 4. The summed E-state index contributed by atoms with van der Waals surface area (Å²) >= 11 is 2.11. The summed E-state index contributed by atoms with van der Waals surface area (Å²) in [6.45, 7) is 0. The van der Waals surface area contributed by atoms with E-state index in [1.54, 1.807) is 24.3 Å². The van der Waals surface area contributed by atoms with Crippen molar-refractivity contribution >= 4 is 44.0 Å². The van der Waals surface area contributed by atoms with Gasteiger partial charge in [0.05, 0.1) is 12.8 Å². The van der Waals surface area contributed by atoms with Crippen LogP contribution < -0.4 is 15.2 Å². The van der Waals surface area contributed by atoms with E-state index < -0.39 is 10.0 Å². The van der Waals surface area contributed by atoms with Crippen LogP contribution in [0.1, 0.15) is 0 Å². The molecule has 0 aliphatic rings. The molecule has 0 atom stereocenters. The number of ether oxygens (including phenoxy) is 1. The molecule has 0 heterocycles. The van der Waals surface area contributed by atoms with Gasteiger partial charge in [0.2, 0.25) is 0 Å². The molecule has 20 heavy (non-hydrogen) atoms. The van der Waals surface area contributed by atoms with Gasteiger partial charge in [0.1, 0.15) is 10.6 Å². The van der Waals surface area contributed by atoms with E-state index in [0.29, 0.717) is 11.4 Å². The number of nitrogens with one attached hydrogen (secondary N) is 1. The van der Waals surface area contributed by atoms with Gasteiger partial charge < -0.3 is 10.5 Å². The Bertz CT molecular complexity index is 732. The van der Waals surface area contributed by atoms with Gasteiger partial charge in [0, 0.05) is 15.3 Å². The summed E-state index contributed by atoms with van der Waals surface area (Å²) in [5.41, 5.74) is 6.40. The Morgan fingerprint density at radius 3 is 2.55 bits per heavy atom. The molecule has 0 saturated heterocycles. The molecule has 0 spiro atoms. The summed E-state index contributed by atoms with van der Waals surface area (Å²) in [5.74, 6) is 0.510. The van der Waals surface area contributed by atoms with E-state index in [9.17, 15) is 8.42 Å². The predicted molar refractivity (Wildman–Crippen MR) is 87.4 cm³/mol. The number of nitrogen functional groups attached to an aromatic ring is 1. The maximum absolute atomic E-state index is 12.3. The van der Waals surface area contributed by atoms with Crippen LogP contribution in [0.5, 0.6) is 5.75 Å². The second kappa shape index (κ2) is 5.88. The van der Waals surface area contributed by atoms with Gasteiger partial charge in [-0.05, 0) is 52.9 Å². The van der Waals surface area contributed by atoms with Crippen LogP contribution >= 0.6 is 22.6 Å². The van der Waals surface area contributed by atoms with Crippen molar-refractivity contribution in [3.8, 4) is 5.75 Å². The van der Waals surface area contributed by atoms with Crippen molar-refractivity contribution in [1.29, 1.82) is 0 Å². The fourth-order valence-electron chi connectivity index (χ4n) is 1.66. The molecule has 0 saturated carbocycles. The molecular formula is C13H13IN2O3S. The Hall–Kier alpha value is -1.48. The van der Waals surface area contributed by atoms with Gasteiger partial charge in [0.15, 0.2) is 0 Å². The van der Waals surface area contributed by atoms with Gasteiger partial charge in [-0.3, -0.25) is 4.72 Å². The third kappa shape index (κ3) is 3.34. The smallest absolute Gasteiger partial charge is 0.263 e. The fraction of sp³-hybridized carbons (Fsp3) is 0.0769. The lowest BCUT2D eigenvalue weighted by atomic mass is 10.3. The van der Waals surface area contributed by atoms with Crippen LogP contribution in [0.2, 0.25) is 0 Å². The molecule has 3 N–H and O–H groups in total. The number of methoxy groups -OCH3 is 1. The lowest BCUT2D eigenvalue weighted by Crippen LogP contribution is -2.14. The zero-order valence-corrected chi connectivity index (χ0v) is 13.6. The topological polar surface area (TPSA) is 81.4 Å². The number of rotatable bonds is 4. The largest absolute Gasteiger partial charge is 0.497 e. The standard InChI is InChI=1S/C13H13IN2O3S/c1-19-11-5-6-13(12(15)8-11)20(17,18)16-10-4-2-3-9(14)7-10/h2-8,16H,15H2,1H3. The molecule has 0 aliphatic heterocycles. The van der Waals surface area contributed by atoms with Crippen LogP contribution in [-0.2, 0) is 10.0 Å². The van der Waals surface area contributed by atoms with Crippen molar-refractivity contribution in [3.63, 3.8) is 0 Å². The van der Waals surface area contributed by atoms with Crippen LogP contribution in [0, 0.1) is 3.57 Å². The molecule has 106 valence electrons. The third-order valence-corrected chi connectivity index (χ3v) is 4.71. The fourth-order valence-corrected chi connectivity index (χ4v) is 3.37. The Labute approximate surface area is 131 Å². The number of benzene rings is 2. The molecule has 0 unspecified atom stereocenters. The Morgan fingerprint density at radius 1 is 1.20 bits per heavy atom. The van der Waals surface area contributed by atoms with Gasteiger partial charge in [0.25, 0.3) is 10.0 Å². The summed E-state index contributed by atoms with van der Waals surface area (Å²) in [4.78, 5) is 0.0251. The van der Waals surface area contributed by atoms with Gasteiger partial charge in [-0.15, -0.1) is 0 Å². The quantitative estimate of drug-likeness (QED) is 0.607. The molecule has 0 aliphatic carbocycles. The molecule has 5 nitrogen and oxygen atoms in total. The predicted octanol–water partition coefficient (Wildman–Crippen LogP) is 2.68. The van der Waals surface area contributed by atoms with E-state index in [1.807, 2.05) is 6.07 Å². The second-order valence-corrected chi connectivity index (χ2v) is 6.92. The van der Waals surface area contributed by atoms with Gasteiger partial charge in [-0.25, -0.2) is 8.42 Å². The minimum absolute atomic E-state index is 0.0251. The van der Waals surface area contributed by atoms with Crippen molar-refractivity contribution in [2.45, 2.75) is 4.90 Å². The van der Waals surface area contributed by atoms with E-state index in [-0.39, 0.29) is 10.6 Å². The number of halogens is 1. The zero-order chi connectivity index (χ0) is 14.8. The molecule has 0 radical (unpaired) electrons. The molecule has 2 aromatic carbocycles. The normalized spacial score (nSPS) is 11.1. The third-order valence-electron chi connectivity index (χ3n) is 2.58. The van der Waals surface area contributed by atoms with Crippen molar-refractivity contribution in [2.75, 3.05) is 17.6 Å². The van der Waals surface area contributed by atoms with Crippen molar-refractivity contribution < 1.29 is 13.2 Å². The van der Waals surface area contributed by atoms with Crippen LogP contribution in [0.4, 0.5) is 11.4 Å². The van der Waals surface area contributed by atoms with E-state index in [0.717, 1.165) is 3.57 Å². The van der Waals surface area contributed by atoms with E-state index in [4.69, 9.17) is 10.5 Å². The zero-order valence-electron chi connectivity index (χ0n) is 10.6. The summed E-state index contributed by atoms with van der Waals surface area (Å²) in [6.07, 6.45) is 0. The molecule has 0 aromatic heterocycles. The molecule has 7 heteroatoms. The van der Waals surface area contributed by atoms with Crippen LogP contribution in [0.15, 0.2) is 47.4 Å². The lowest BCUT2D eigenvalue weighted by Gasteiger charge is -2.11. The first-order valence-electron chi connectivity index (χ1n) is 5.64. The molecule has 2 rings (SSSR count). The van der Waals surface area contributed by atoms with E-state index in [1.165, 1.54) is 19.2 Å². The average Bonchev–Trinajstić information content (AvgIpc) is 2.37. The Balaban J connectivity index is 2.36. The first-order valence-corrected chi connectivity index (χ1v) is 8.20. The SMILES string of the molecule is COc1ccc(S(=O)(=O)Nc2cccc(I)c2)c(N)c1. The average molecular weight is 404 g/mol. The summed E-state index contributed by atoms with van der Waals surface area (Å²) in [5, 5.41) is 0. The highest BCUT2D eigenvalue weighted by molar-refractivity contribution is 14.1. The first-order chi connectivity index (χ1) is 9.42. The number of nitrogens with two attached hydrogens (primary N) is 1. The summed E-state index contributed by atoms with van der Waals surface area (Å²) in [6, 6.07) is 11.5. The van der Waals surface area contributed by atoms with Gasteiger partial charge in [-0.2, -0.15) is 0 Å². The number of sulfonamides is 1.